The van der Waals surface area contributed by atoms with Crippen LogP contribution in [0.15, 0.2) is 29.0 Å². The number of carbonyl (C=O) groups is 1. The van der Waals surface area contributed by atoms with Gasteiger partial charge < -0.3 is 14.6 Å². The lowest BCUT2D eigenvalue weighted by atomic mass is 10.1. The number of amides is 1. The maximum Gasteiger partial charge on any atom is 0.257 e. The van der Waals surface area contributed by atoms with Crippen molar-refractivity contribution in [2.24, 2.45) is 0 Å². The summed E-state index contributed by atoms with van der Waals surface area (Å²) in [7, 11) is 0. The zero-order valence-electron chi connectivity index (χ0n) is 13.8. The van der Waals surface area contributed by atoms with E-state index in [0.29, 0.717) is 23.6 Å². The second-order valence-electron chi connectivity index (χ2n) is 5.77. The van der Waals surface area contributed by atoms with Gasteiger partial charge in [0, 0.05) is 37.6 Å². The zero-order valence-corrected chi connectivity index (χ0v) is 13.8. The number of ether oxygens (including phenoxy) is 1. The van der Waals surface area contributed by atoms with Crippen LogP contribution >= 0.6 is 0 Å². The Balaban J connectivity index is 1.56. The van der Waals surface area contributed by atoms with Crippen molar-refractivity contribution in [1.82, 2.24) is 20.4 Å². The van der Waals surface area contributed by atoms with Crippen molar-refractivity contribution in [3.63, 3.8) is 0 Å². The standard InChI is InChI=1S/C17H22N4O3/c1-13-15(16(24-20-13)14-3-6-18-7-4-14)17(22)19-5-2-8-21-9-11-23-12-10-21/h3-4,6-7H,2,5,8-12H2,1H3,(H,19,22). The van der Waals surface area contributed by atoms with Crippen molar-refractivity contribution in [1.29, 1.82) is 0 Å². The molecule has 0 unspecified atom stereocenters. The van der Waals surface area contributed by atoms with E-state index in [9.17, 15) is 4.79 Å². The number of pyridine rings is 1. The molecule has 0 spiro atoms. The predicted molar refractivity (Wildman–Crippen MR) is 88.7 cm³/mol. The molecule has 0 saturated carbocycles. The minimum atomic E-state index is -0.150. The maximum atomic E-state index is 12.5. The molecule has 1 N–H and O–H groups in total. The Morgan fingerprint density at radius 3 is 2.79 bits per heavy atom. The van der Waals surface area contributed by atoms with Gasteiger partial charge in [0.1, 0.15) is 5.56 Å². The highest BCUT2D eigenvalue weighted by Crippen LogP contribution is 2.25. The van der Waals surface area contributed by atoms with Crippen molar-refractivity contribution in [3.05, 3.63) is 35.8 Å². The molecule has 3 heterocycles. The normalized spacial score (nSPS) is 15.4. The summed E-state index contributed by atoms with van der Waals surface area (Å²) in [6.45, 7) is 6.87. The summed E-state index contributed by atoms with van der Waals surface area (Å²) < 4.78 is 10.7. The third-order valence-electron chi connectivity index (χ3n) is 4.07. The van der Waals surface area contributed by atoms with Crippen LogP contribution in [0.5, 0.6) is 0 Å². The van der Waals surface area contributed by atoms with Crippen molar-refractivity contribution in [3.8, 4) is 11.3 Å². The molecule has 0 aliphatic carbocycles. The van der Waals surface area contributed by atoms with Gasteiger partial charge in [0.15, 0.2) is 5.76 Å². The van der Waals surface area contributed by atoms with Gasteiger partial charge in [-0.05, 0) is 32.0 Å². The van der Waals surface area contributed by atoms with Crippen LogP contribution in [0.1, 0.15) is 22.5 Å². The van der Waals surface area contributed by atoms with Crippen LogP contribution in [0.4, 0.5) is 0 Å². The molecule has 128 valence electrons. The van der Waals surface area contributed by atoms with Gasteiger partial charge in [0.25, 0.3) is 5.91 Å². The summed E-state index contributed by atoms with van der Waals surface area (Å²) in [5.41, 5.74) is 1.88. The van der Waals surface area contributed by atoms with Gasteiger partial charge >= 0.3 is 0 Å². The van der Waals surface area contributed by atoms with Gasteiger partial charge in [0.05, 0.1) is 18.9 Å². The molecule has 7 heteroatoms. The minimum absolute atomic E-state index is 0.150. The fourth-order valence-electron chi connectivity index (χ4n) is 2.76. The van der Waals surface area contributed by atoms with Crippen LogP contribution in [0, 0.1) is 6.92 Å². The quantitative estimate of drug-likeness (QED) is 0.809. The van der Waals surface area contributed by atoms with Crippen LogP contribution in [0.3, 0.4) is 0 Å². The van der Waals surface area contributed by atoms with Crippen molar-refractivity contribution >= 4 is 5.91 Å². The smallest absolute Gasteiger partial charge is 0.257 e. The van der Waals surface area contributed by atoms with E-state index in [1.807, 2.05) is 0 Å². The number of morpholine rings is 1. The van der Waals surface area contributed by atoms with Gasteiger partial charge in [-0.2, -0.15) is 0 Å². The van der Waals surface area contributed by atoms with Crippen molar-refractivity contribution in [2.45, 2.75) is 13.3 Å². The van der Waals surface area contributed by atoms with Gasteiger partial charge in [-0.25, -0.2) is 0 Å². The van der Waals surface area contributed by atoms with E-state index >= 15 is 0 Å². The molecule has 7 nitrogen and oxygen atoms in total. The van der Waals surface area contributed by atoms with Gasteiger partial charge in [-0.15, -0.1) is 0 Å². The second kappa shape index (κ2) is 8.03. The van der Waals surface area contributed by atoms with Crippen molar-refractivity contribution < 1.29 is 14.1 Å². The molecule has 24 heavy (non-hydrogen) atoms. The van der Waals surface area contributed by atoms with E-state index in [4.69, 9.17) is 9.26 Å². The highest BCUT2D eigenvalue weighted by Gasteiger charge is 2.21. The molecule has 2 aromatic rings. The fraction of sp³-hybridized carbons (Fsp3) is 0.471. The van der Waals surface area contributed by atoms with Crippen LogP contribution in [-0.4, -0.2) is 60.3 Å². The van der Waals surface area contributed by atoms with Crippen molar-refractivity contribution in [2.75, 3.05) is 39.4 Å². The third-order valence-corrected chi connectivity index (χ3v) is 4.07. The van der Waals surface area contributed by atoms with Crippen LogP contribution in [-0.2, 0) is 4.74 Å². The topological polar surface area (TPSA) is 80.5 Å². The Labute approximate surface area is 141 Å². The van der Waals surface area contributed by atoms with Crippen LogP contribution in [0.25, 0.3) is 11.3 Å². The van der Waals surface area contributed by atoms with Gasteiger partial charge in [0.2, 0.25) is 0 Å². The number of nitrogens with one attached hydrogen (secondary N) is 1. The molecule has 0 bridgehead atoms. The lowest BCUT2D eigenvalue weighted by molar-refractivity contribution is 0.0374. The van der Waals surface area contributed by atoms with Gasteiger partial charge in [-0.1, -0.05) is 5.16 Å². The first-order valence-corrected chi connectivity index (χ1v) is 8.20. The van der Waals surface area contributed by atoms with Crippen LogP contribution in [0.2, 0.25) is 0 Å². The van der Waals surface area contributed by atoms with E-state index in [2.05, 4.69) is 20.4 Å². The average molecular weight is 330 g/mol. The monoisotopic (exact) mass is 330 g/mol. The highest BCUT2D eigenvalue weighted by atomic mass is 16.5. The molecule has 0 aromatic carbocycles. The number of aromatic nitrogens is 2. The number of nitrogens with zero attached hydrogens (tertiary/aromatic N) is 3. The summed E-state index contributed by atoms with van der Waals surface area (Å²) in [4.78, 5) is 18.8. The first kappa shape index (κ1) is 16.6. The average Bonchev–Trinajstić information content (AvgIpc) is 3.02. The molecule has 1 aliphatic heterocycles. The summed E-state index contributed by atoms with van der Waals surface area (Å²) in [5.74, 6) is 0.336. The molecule has 1 aliphatic rings. The summed E-state index contributed by atoms with van der Waals surface area (Å²) in [6, 6.07) is 3.60. The number of hydrogen-bond acceptors (Lipinski definition) is 6. The Kier molecular flexibility index (Phi) is 5.55. The first-order valence-electron chi connectivity index (χ1n) is 8.20. The van der Waals surface area contributed by atoms with E-state index in [1.165, 1.54) is 0 Å². The second-order valence-corrected chi connectivity index (χ2v) is 5.77. The fourth-order valence-corrected chi connectivity index (χ4v) is 2.76. The molecular formula is C17H22N4O3. The molecular weight excluding hydrogens is 308 g/mol. The van der Waals surface area contributed by atoms with E-state index in [1.54, 1.807) is 31.5 Å². The molecule has 1 amide bonds. The summed E-state index contributed by atoms with van der Waals surface area (Å²) >= 11 is 0. The minimum Gasteiger partial charge on any atom is -0.379 e. The summed E-state index contributed by atoms with van der Waals surface area (Å²) in [6.07, 6.45) is 4.23. The molecule has 0 atom stereocenters. The molecule has 3 rings (SSSR count). The maximum absolute atomic E-state index is 12.5. The highest BCUT2D eigenvalue weighted by molar-refractivity contribution is 6.00. The largest absolute Gasteiger partial charge is 0.379 e. The zero-order chi connectivity index (χ0) is 16.8. The van der Waals surface area contributed by atoms with E-state index < -0.39 is 0 Å². The van der Waals surface area contributed by atoms with Gasteiger partial charge in [-0.3, -0.25) is 14.7 Å². The third kappa shape index (κ3) is 3.98. The SMILES string of the molecule is Cc1noc(-c2ccncc2)c1C(=O)NCCCN1CCOCC1. The lowest BCUT2D eigenvalue weighted by Crippen LogP contribution is -2.38. The Hall–Kier alpha value is -2.25. The number of hydrogen-bond donors (Lipinski definition) is 1. The Bertz CT molecular complexity index is 666. The van der Waals surface area contributed by atoms with E-state index in [-0.39, 0.29) is 5.91 Å². The summed E-state index contributed by atoms with van der Waals surface area (Å²) in [5, 5.41) is 6.90. The Morgan fingerprint density at radius 2 is 2.04 bits per heavy atom. The Morgan fingerprint density at radius 1 is 1.29 bits per heavy atom. The number of rotatable bonds is 6. The lowest BCUT2D eigenvalue weighted by Gasteiger charge is -2.26. The first-order chi connectivity index (χ1) is 11.8. The predicted octanol–water partition coefficient (Wildman–Crippen LogP) is 1.50. The molecule has 1 fully saturated rings. The number of carbonyl (C=O) groups excluding carboxylic acids is 1. The van der Waals surface area contributed by atoms with E-state index in [0.717, 1.165) is 44.8 Å². The molecule has 1 saturated heterocycles. The molecule has 0 radical (unpaired) electrons. The van der Waals surface area contributed by atoms with Crippen LogP contribution < -0.4 is 5.32 Å². The molecule has 2 aromatic heterocycles. The number of aryl methyl sites for hydroxylation is 1.